The van der Waals surface area contributed by atoms with E-state index in [4.69, 9.17) is 11.0 Å². The highest BCUT2D eigenvalue weighted by Gasteiger charge is 2.14. The van der Waals surface area contributed by atoms with E-state index in [0.29, 0.717) is 22.5 Å². The van der Waals surface area contributed by atoms with Gasteiger partial charge in [0, 0.05) is 30.0 Å². The summed E-state index contributed by atoms with van der Waals surface area (Å²) in [6.07, 6.45) is 1.13. The number of hydrogen-bond donors (Lipinski definition) is 1. The highest BCUT2D eigenvalue weighted by atomic mass is 32.2. The fourth-order valence-corrected chi connectivity index (χ4v) is 3.18. The second-order valence-corrected chi connectivity index (χ2v) is 7.73. The average Bonchev–Trinajstić information content (AvgIpc) is 3.05. The third-order valence-electron chi connectivity index (χ3n) is 3.90. The van der Waals surface area contributed by atoms with Gasteiger partial charge in [0.2, 0.25) is 0 Å². The van der Waals surface area contributed by atoms with Gasteiger partial charge in [0.1, 0.15) is 11.9 Å². The number of aromatic nitrogens is 2. The molecule has 6 nitrogen and oxygen atoms in total. The van der Waals surface area contributed by atoms with Crippen molar-refractivity contribution in [3.8, 4) is 23.0 Å². The molecule has 3 aromatic rings. The Hall–Kier alpha value is -3.02. The van der Waals surface area contributed by atoms with Crippen LogP contribution >= 0.6 is 0 Å². The van der Waals surface area contributed by atoms with Crippen LogP contribution in [0.5, 0.6) is 0 Å². The summed E-state index contributed by atoms with van der Waals surface area (Å²) in [5.74, 6) is -0.461. The number of hydrogen-bond acceptors (Lipinski definition) is 5. The molecule has 0 bridgehead atoms. The van der Waals surface area contributed by atoms with Crippen molar-refractivity contribution in [1.29, 1.82) is 5.26 Å². The van der Waals surface area contributed by atoms with Gasteiger partial charge >= 0.3 is 0 Å². The molecule has 0 fully saturated rings. The molecule has 0 aliphatic carbocycles. The minimum absolute atomic E-state index is 0.0779. The molecule has 0 unspecified atom stereocenters. The molecule has 2 N–H and O–H groups in total. The first-order valence-corrected chi connectivity index (χ1v) is 9.52. The maximum atomic E-state index is 14.1. The summed E-state index contributed by atoms with van der Waals surface area (Å²) >= 11 is 0. The van der Waals surface area contributed by atoms with E-state index in [0.717, 1.165) is 6.26 Å². The van der Waals surface area contributed by atoms with Crippen molar-refractivity contribution in [2.45, 2.75) is 11.4 Å². The molecule has 0 amide bonds. The molecule has 1 heterocycles. The number of sulfone groups is 1. The first-order chi connectivity index (χ1) is 12.3. The van der Waals surface area contributed by atoms with Crippen molar-refractivity contribution in [3.05, 3.63) is 65.6 Å². The largest absolute Gasteiger partial charge is 0.326 e. The summed E-state index contributed by atoms with van der Waals surface area (Å²) in [6.45, 7) is 0.0779. The molecule has 2 aromatic carbocycles. The Morgan fingerprint density at radius 3 is 2.42 bits per heavy atom. The van der Waals surface area contributed by atoms with Crippen LogP contribution in [0, 0.1) is 17.1 Å². The normalized spacial score (nSPS) is 11.3. The van der Waals surface area contributed by atoms with Gasteiger partial charge in [-0.25, -0.2) is 17.5 Å². The van der Waals surface area contributed by atoms with Crippen LogP contribution in [0.1, 0.15) is 11.3 Å². The molecule has 0 atom stereocenters. The lowest BCUT2D eigenvalue weighted by Crippen LogP contribution is -2.04. The third-order valence-corrected chi connectivity index (χ3v) is 5.03. The maximum absolute atomic E-state index is 14.1. The maximum Gasteiger partial charge on any atom is 0.175 e. The van der Waals surface area contributed by atoms with E-state index >= 15 is 0 Å². The average molecular weight is 370 g/mol. The number of halogens is 1. The van der Waals surface area contributed by atoms with Crippen LogP contribution in [0.4, 0.5) is 4.39 Å². The highest BCUT2D eigenvalue weighted by molar-refractivity contribution is 7.90. The van der Waals surface area contributed by atoms with Crippen LogP contribution < -0.4 is 5.73 Å². The predicted molar refractivity (Wildman–Crippen MR) is 94.7 cm³/mol. The fourth-order valence-electron chi connectivity index (χ4n) is 2.54. The molecule has 0 aliphatic heterocycles. The van der Waals surface area contributed by atoms with Gasteiger partial charge in [-0.05, 0) is 24.3 Å². The summed E-state index contributed by atoms with van der Waals surface area (Å²) < 4.78 is 38.7. The molecule has 0 aliphatic rings. The number of rotatable bonds is 4. The molecule has 0 saturated carbocycles. The van der Waals surface area contributed by atoms with E-state index in [1.807, 2.05) is 6.07 Å². The zero-order valence-corrected chi connectivity index (χ0v) is 14.7. The van der Waals surface area contributed by atoms with Gasteiger partial charge in [-0.15, -0.1) is 0 Å². The van der Waals surface area contributed by atoms with E-state index in [-0.39, 0.29) is 17.1 Å². The molecule has 0 spiro atoms. The quantitative estimate of drug-likeness (QED) is 0.760. The van der Waals surface area contributed by atoms with E-state index in [2.05, 4.69) is 5.10 Å². The van der Waals surface area contributed by atoms with Crippen LogP contribution in [-0.2, 0) is 16.4 Å². The molecule has 3 rings (SSSR count). The molecular formula is C18H15FN4O2S. The highest BCUT2D eigenvalue weighted by Crippen LogP contribution is 2.26. The first kappa shape index (κ1) is 17.8. The van der Waals surface area contributed by atoms with Gasteiger partial charge in [0.05, 0.1) is 16.3 Å². The van der Waals surface area contributed by atoms with Gasteiger partial charge in [0.15, 0.2) is 15.5 Å². The zero-order chi connectivity index (χ0) is 18.9. The third kappa shape index (κ3) is 3.35. The monoisotopic (exact) mass is 370 g/mol. The SMILES string of the molecule is CS(=O)(=O)c1ccc(-c2cc(C#N)nn2-c2ccc(CN)c(F)c2)cc1. The molecule has 1 aromatic heterocycles. The second-order valence-electron chi connectivity index (χ2n) is 5.71. The van der Waals surface area contributed by atoms with E-state index in [9.17, 15) is 12.8 Å². The van der Waals surface area contributed by atoms with Gasteiger partial charge in [-0.1, -0.05) is 18.2 Å². The van der Waals surface area contributed by atoms with Crippen LogP contribution in [0.2, 0.25) is 0 Å². The lowest BCUT2D eigenvalue weighted by molar-refractivity contribution is 0.602. The van der Waals surface area contributed by atoms with Gasteiger partial charge < -0.3 is 5.73 Å². The number of nitriles is 1. The summed E-state index contributed by atoms with van der Waals surface area (Å²) in [7, 11) is -3.31. The molecule has 26 heavy (non-hydrogen) atoms. The lowest BCUT2D eigenvalue weighted by Gasteiger charge is -2.09. The Bertz CT molecular complexity index is 1110. The predicted octanol–water partition coefficient (Wildman–Crippen LogP) is 2.41. The van der Waals surface area contributed by atoms with E-state index in [1.165, 1.54) is 22.9 Å². The molecular weight excluding hydrogens is 355 g/mol. The lowest BCUT2D eigenvalue weighted by atomic mass is 10.1. The number of nitrogens with two attached hydrogens (primary N) is 1. The van der Waals surface area contributed by atoms with Crippen molar-refractivity contribution < 1.29 is 12.8 Å². The smallest absolute Gasteiger partial charge is 0.175 e. The second kappa shape index (κ2) is 6.71. The molecule has 8 heteroatoms. The standard InChI is InChI=1S/C18H15FN4O2S/c1-26(24,25)16-6-3-12(4-7-16)18-8-14(11-21)22-23(18)15-5-2-13(10-20)17(19)9-15/h2-9H,10,20H2,1H3. The Labute approximate surface area is 150 Å². The summed E-state index contributed by atoms with van der Waals surface area (Å²) in [4.78, 5) is 0.186. The number of benzene rings is 2. The minimum atomic E-state index is -3.31. The van der Waals surface area contributed by atoms with Crippen molar-refractivity contribution in [3.63, 3.8) is 0 Å². The molecule has 0 radical (unpaired) electrons. The Balaban J connectivity index is 2.13. The summed E-state index contributed by atoms with van der Waals surface area (Å²) in [5, 5.41) is 13.3. The van der Waals surface area contributed by atoms with Gasteiger partial charge in [-0.3, -0.25) is 0 Å². The first-order valence-electron chi connectivity index (χ1n) is 7.63. The van der Waals surface area contributed by atoms with Crippen molar-refractivity contribution >= 4 is 9.84 Å². The Kier molecular flexibility index (Phi) is 4.59. The van der Waals surface area contributed by atoms with E-state index < -0.39 is 15.7 Å². The molecule has 132 valence electrons. The van der Waals surface area contributed by atoms with Crippen LogP contribution in [0.15, 0.2) is 53.4 Å². The van der Waals surface area contributed by atoms with Crippen LogP contribution in [0.25, 0.3) is 16.9 Å². The van der Waals surface area contributed by atoms with E-state index in [1.54, 1.807) is 30.3 Å². The van der Waals surface area contributed by atoms with Gasteiger partial charge in [-0.2, -0.15) is 10.4 Å². The Morgan fingerprint density at radius 1 is 1.19 bits per heavy atom. The zero-order valence-electron chi connectivity index (χ0n) is 13.8. The summed E-state index contributed by atoms with van der Waals surface area (Å²) in [5.41, 5.74) is 7.64. The number of nitrogens with zero attached hydrogens (tertiary/aromatic N) is 3. The van der Waals surface area contributed by atoms with Crippen molar-refractivity contribution in [1.82, 2.24) is 9.78 Å². The fraction of sp³-hybridized carbons (Fsp3) is 0.111. The topological polar surface area (TPSA) is 102 Å². The van der Waals surface area contributed by atoms with Crippen molar-refractivity contribution in [2.75, 3.05) is 6.26 Å². The van der Waals surface area contributed by atoms with Crippen LogP contribution in [0.3, 0.4) is 0 Å². The summed E-state index contributed by atoms with van der Waals surface area (Å²) in [6, 6.07) is 14.2. The van der Waals surface area contributed by atoms with Crippen molar-refractivity contribution in [2.24, 2.45) is 5.73 Å². The Morgan fingerprint density at radius 2 is 1.88 bits per heavy atom. The minimum Gasteiger partial charge on any atom is -0.326 e. The van der Waals surface area contributed by atoms with Gasteiger partial charge in [0.25, 0.3) is 0 Å². The molecule has 0 saturated heterocycles. The van der Waals surface area contributed by atoms with Crippen LogP contribution in [-0.4, -0.2) is 24.5 Å².